The van der Waals surface area contributed by atoms with Crippen molar-refractivity contribution in [2.75, 3.05) is 5.32 Å². The Kier molecular flexibility index (Phi) is 4.27. The zero-order valence-corrected chi connectivity index (χ0v) is 11.8. The fraction of sp³-hybridized carbons (Fsp3) is 0.200. The van der Waals surface area contributed by atoms with Crippen molar-refractivity contribution in [1.82, 2.24) is 5.32 Å². The number of benzene rings is 1. The highest BCUT2D eigenvalue weighted by Crippen LogP contribution is 2.17. The molecule has 6 heteroatoms. The smallest absolute Gasteiger partial charge is 0.371 e. The molecule has 0 saturated heterocycles. The molecule has 0 bridgehead atoms. The minimum absolute atomic E-state index is 0.115. The van der Waals surface area contributed by atoms with Crippen molar-refractivity contribution in [3.8, 4) is 0 Å². The molecule has 0 aliphatic rings. The summed E-state index contributed by atoms with van der Waals surface area (Å²) in [4.78, 5) is 22.5. The Morgan fingerprint density at radius 1 is 1.19 bits per heavy atom. The summed E-state index contributed by atoms with van der Waals surface area (Å²) in [7, 11) is 0. The average molecular weight is 288 g/mol. The molecule has 0 aliphatic carbocycles. The first-order valence-electron chi connectivity index (χ1n) is 6.40. The maximum atomic E-state index is 11.8. The SMILES string of the molecule is Cc1cccc(NC(=O)NCc2ccc(C(=O)O)o2)c1C. The van der Waals surface area contributed by atoms with E-state index in [1.165, 1.54) is 12.1 Å². The molecule has 0 saturated carbocycles. The molecule has 1 heterocycles. The molecular weight excluding hydrogens is 272 g/mol. The summed E-state index contributed by atoms with van der Waals surface area (Å²) in [6, 6.07) is 8.14. The van der Waals surface area contributed by atoms with Gasteiger partial charge in [-0.25, -0.2) is 9.59 Å². The van der Waals surface area contributed by atoms with Crippen LogP contribution in [0.1, 0.15) is 27.4 Å². The van der Waals surface area contributed by atoms with Crippen LogP contribution in [0.15, 0.2) is 34.7 Å². The van der Waals surface area contributed by atoms with Gasteiger partial charge in [-0.3, -0.25) is 0 Å². The van der Waals surface area contributed by atoms with Gasteiger partial charge in [-0.2, -0.15) is 0 Å². The van der Waals surface area contributed by atoms with Gasteiger partial charge in [-0.1, -0.05) is 12.1 Å². The van der Waals surface area contributed by atoms with Gasteiger partial charge >= 0.3 is 12.0 Å². The van der Waals surface area contributed by atoms with E-state index in [0.29, 0.717) is 5.76 Å². The number of amides is 2. The largest absolute Gasteiger partial charge is 0.475 e. The third kappa shape index (κ3) is 3.62. The molecule has 0 spiro atoms. The zero-order valence-electron chi connectivity index (χ0n) is 11.8. The Bertz CT molecular complexity index is 676. The van der Waals surface area contributed by atoms with Gasteiger partial charge in [0.15, 0.2) is 0 Å². The Hall–Kier alpha value is -2.76. The molecule has 0 fully saturated rings. The third-order valence-corrected chi connectivity index (χ3v) is 3.15. The van der Waals surface area contributed by atoms with Gasteiger partial charge in [-0.05, 0) is 43.2 Å². The number of furan rings is 1. The molecule has 2 aromatic rings. The van der Waals surface area contributed by atoms with Crippen molar-refractivity contribution < 1.29 is 19.1 Å². The summed E-state index contributed by atoms with van der Waals surface area (Å²) in [5, 5.41) is 14.1. The van der Waals surface area contributed by atoms with Crippen LogP contribution in [-0.2, 0) is 6.54 Å². The lowest BCUT2D eigenvalue weighted by molar-refractivity contribution is 0.0660. The lowest BCUT2D eigenvalue weighted by Crippen LogP contribution is -2.28. The Balaban J connectivity index is 1.92. The molecule has 110 valence electrons. The number of carbonyl (C=O) groups excluding carboxylic acids is 1. The monoisotopic (exact) mass is 288 g/mol. The Labute approximate surface area is 121 Å². The number of carbonyl (C=O) groups is 2. The summed E-state index contributed by atoms with van der Waals surface area (Å²) in [6.07, 6.45) is 0. The van der Waals surface area contributed by atoms with E-state index in [4.69, 9.17) is 9.52 Å². The van der Waals surface area contributed by atoms with Gasteiger partial charge in [0.2, 0.25) is 5.76 Å². The molecule has 2 amide bonds. The van der Waals surface area contributed by atoms with Gasteiger partial charge in [0.1, 0.15) is 5.76 Å². The van der Waals surface area contributed by atoms with Crippen molar-refractivity contribution in [2.24, 2.45) is 0 Å². The number of hydrogen-bond donors (Lipinski definition) is 3. The quantitative estimate of drug-likeness (QED) is 0.806. The highest BCUT2D eigenvalue weighted by molar-refractivity contribution is 5.90. The number of rotatable bonds is 4. The number of anilines is 1. The van der Waals surface area contributed by atoms with Crippen LogP contribution >= 0.6 is 0 Å². The highest BCUT2D eigenvalue weighted by atomic mass is 16.4. The molecular formula is C15H16N2O4. The lowest BCUT2D eigenvalue weighted by atomic mass is 10.1. The first kappa shape index (κ1) is 14.6. The summed E-state index contributed by atoms with van der Waals surface area (Å²) in [6.45, 7) is 4.01. The van der Waals surface area contributed by atoms with E-state index in [1.807, 2.05) is 32.0 Å². The minimum atomic E-state index is -1.14. The topological polar surface area (TPSA) is 91.6 Å². The molecule has 0 aliphatic heterocycles. The van der Waals surface area contributed by atoms with Crippen molar-refractivity contribution in [3.05, 3.63) is 53.0 Å². The van der Waals surface area contributed by atoms with Crippen LogP contribution in [0, 0.1) is 13.8 Å². The number of aromatic carboxylic acids is 1. The van der Waals surface area contributed by atoms with Gasteiger partial charge in [-0.15, -0.1) is 0 Å². The van der Waals surface area contributed by atoms with Crippen LogP contribution < -0.4 is 10.6 Å². The molecule has 6 nitrogen and oxygen atoms in total. The van der Waals surface area contributed by atoms with Crippen molar-refractivity contribution in [2.45, 2.75) is 20.4 Å². The number of carboxylic acid groups (broad SMARTS) is 1. The summed E-state index contributed by atoms with van der Waals surface area (Å²) in [5.41, 5.74) is 2.82. The second-order valence-electron chi connectivity index (χ2n) is 4.63. The van der Waals surface area contributed by atoms with Gasteiger partial charge < -0.3 is 20.2 Å². The second kappa shape index (κ2) is 6.13. The van der Waals surface area contributed by atoms with Crippen LogP contribution in [0.5, 0.6) is 0 Å². The number of aryl methyl sites for hydroxylation is 1. The molecule has 0 atom stereocenters. The first-order valence-corrected chi connectivity index (χ1v) is 6.40. The van der Waals surface area contributed by atoms with E-state index in [0.717, 1.165) is 16.8 Å². The van der Waals surface area contributed by atoms with E-state index in [2.05, 4.69) is 10.6 Å². The van der Waals surface area contributed by atoms with E-state index in [-0.39, 0.29) is 18.3 Å². The molecule has 0 unspecified atom stereocenters. The van der Waals surface area contributed by atoms with Crippen LogP contribution in [-0.4, -0.2) is 17.1 Å². The summed E-state index contributed by atoms with van der Waals surface area (Å²) < 4.78 is 5.05. The van der Waals surface area contributed by atoms with E-state index in [1.54, 1.807) is 0 Å². The van der Waals surface area contributed by atoms with Crippen LogP contribution in [0.25, 0.3) is 0 Å². The van der Waals surface area contributed by atoms with Crippen molar-refractivity contribution in [1.29, 1.82) is 0 Å². The standard InChI is InChI=1S/C15H16N2O4/c1-9-4-3-5-12(10(9)2)17-15(20)16-8-11-6-7-13(21-11)14(18)19/h3-7H,8H2,1-2H3,(H,18,19)(H2,16,17,20). The Morgan fingerprint density at radius 3 is 2.62 bits per heavy atom. The molecule has 1 aromatic heterocycles. The minimum Gasteiger partial charge on any atom is -0.475 e. The summed E-state index contributed by atoms with van der Waals surface area (Å²) in [5.74, 6) is -0.911. The Morgan fingerprint density at radius 2 is 1.95 bits per heavy atom. The van der Waals surface area contributed by atoms with Crippen molar-refractivity contribution in [3.63, 3.8) is 0 Å². The van der Waals surface area contributed by atoms with Crippen LogP contribution in [0.2, 0.25) is 0 Å². The van der Waals surface area contributed by atoms with Gasteiger partial charge in [0, 0.05) is 5.69 Å². The predicted molar refractivity (Wildman–Crippen MR) is 77.4 cm³/mol. The van der Waals surface area contributed by atoms with Gasteiger partial charge in [0.05, 0.1) is 6.54 Å². The fourth-order valence-corrected chi connectivity index (χ4v) is 1.81. The van der Waals surface area contributed by atoms with Crippen LogP contribution in [0.3, 0.4) is 0 Å². The number of nitrogens with one attached hydrogen (secondary N) is 2. The van der Waals surface area contributed by atoms with E-state index in [9.17, 15) is 9.59 Å². The van der Waals surface area contributed by atoms with E-state index >= 15 is 0 Å². The summed E-state index contributed by atoms with van der Waals surface area (Å²) >= 11 is 0. The number of carboxylic acids is 1. The van der Waals surface area contributed by atoms with Crippen LogP contribution in [0.4, 0.5) is 10.5 Å². The molecule has 21 heavy (non-hydrogen) atoms. The molecule has 3 N–H and O–H groups in total. The van der Waals surface area contributed by atoms with Gasteiger partial charge in [0.25, 0.3) is 0 Å². The normalized spacial score (nSPS) is 10.2. The zero-order chi connectivity index (χ0) is 15.4. The molecule has 1 aromatic carbocycles. The van der Waals surface area contributed by atoms with E-state index < -0.39 is 5.97 Å². The molecule has 2 rings (SSSR count). The lowest BCUT2D eigenvalue weighted by Gasteiger charge is -2.10. The maximum Gasteiger partial charge on any atom is 0.371 e. The highest BCUT2D eigenvalue weighted by Gasteiger charge is 2.10. The van der Waals surface area contributed by atoms with Crippen molar-refractivity contribution >= 4 is 17.7 Å². The molecule has 0 radical (unpaired) electrons. The third-order valence-electron chi connectivity index (χ3n) is 3.15. The first-order chi connectivity index (χ1) is 9.97. The number of hydrogen-bond acceptors (Lipinski definition) is 3. The number of urea groups is 1. The maximum absolute atomic E-state index is 11.8. The fourth-order valence-electron chi connectivity index (χ4n) is 1.81. The second-order valence-corrected chi connectivity index (χ2v) is 4.63. The predicted octanol–water partition coefficient (Wildman–Crippen LogP) is 2.92. The average Bonchev–Trinajstić information content (AvgIpc) is 2.91.